The van der Waals surface area contributed by atoms with Gasteiger partial charge in [-0.05, 0) is 0 Å². The zero-order chi connectivity index (χ0) is 13.4. The maximum atomic E-state index is 11.2. The monoisotopic (exact) mass is 249 g/mol. The van der Waals surface area contributed by atoms with E-state index in [1.807, 2.05) is 0 Å². The summed E-state index contributed by atoms with van der Waals surface area (Å²) >= 11 is 0. The smallest absolute Gasteiger partial charge is 0.366 e. The molecule has 7 heteroatoms. The lowest BCUT2D eigenvalue weighted by atomic mass is 10.3. The third-order valence-corrected chi connectivity index (χ3v) is 1.96. The SMILES string of the molecule is C#CCOCC(CN1C(=O)N=NC1=O)OCC#C. The standard InChI is InChI=1S/C11H11N3O4/c1-3-5-17-8-9(18-6-4-2)7-14-10(15)12-13-11(14)16/h1-2,9H,5-8H2. The molecule has 0 aromatic carbocycles. The van der Waals surface area contributed by atoms with Gasteiger partial charge in [0.1, 0.15) is 19.3 Å². The van der Waals surface area contributed by atoms with Crippen molar-refractivity contribution in [2.45, 2.75) is 6.10 Å². The third-order valence-electron chi connectivity index (χ3n) is 1.96. The molecule has 1 rings (SSSR count). The molecule has 0 bridgehead atoms. The predicted molar refractivity (Wildman–Crippen MR) is 60.6 cm³/mol. The first-order valence-corrected chi connectivity index (χ1v) is 5.02. The number of ether oxygens (including phenoxy) is 2. The molecule has 0 aromatic rings. The van der Waals surface area contributed by atoms with Crippen molar-refractivity contribution in [2.75, 3.05) is 26.4 Å². The number of urea groups is 2. The van der Waals surface area contributed by atoms with Crippen molar-refractivity contribution < 1.29 is 19.1 Å². The van der Waals surface area contributed by atoms with Crippen LogP contribution >= 0.6 is 0 Å². The molecule has 0 fully saturated rings. The lowest BCUT2D eigenvalue weighted by molar-refractivity contribution is -0.00238. The minimum atomic E-state index is -0.730. The molecule has 7 nitrogen and oxygen atoms in total. The molecule has 0 aromatic heterocycles. The van der Waals surface area contributed by atoms with Gasteiger partial charge in [-0.3, -0.25) is 0 Å². The van der Waals surface area contributed by atoms with Crippen LogP contribution in [0.25, 0.3) is 0 Å². The summed E-state index contributed by atoms with van der Waals surface area (Å²) in [5.41, 5.74) is 0. The van der Waals surface area contributed by atoms with Gasteiger partial charge < -0.3 is 9.47 Å². The van der Waals surface area contributed by atoms with Gasteiger partial charge in [0.15, 0.2) is 0 Å². The number of nitrogens with zero attached hydrogens (tertiary/aromatic N) is 3. The van der Waals surface area contributed by atoms with Crippen molar-refractivity contribution in [3.63, 3.8) is 0 Å². The highest BCUT2D eigenvalue weighted by atomic mass is 16.5. The van der Waals surface area contributed by atoms with Crippen LogP contribution in [-0.2, 0) is 9.47 Å². The number of terminal acetylenes is 2. The Morgan fingerprint density at radius 3 is 2.33 bits per heavy atom. The van der Waals surface area contributed by atoms with E-state index >= 15 is 0 Å². The Kier molecular flexibility index (Phi) is 5.52. The largest absolute Gasteiger partial charge is 0.370 e. The molecule has 1 unspecified atom stereocenters. The van der Waals surface area contributed by atoms with E-state index < -0.39 is 18.2 Å². The van der Waals surface area contributed by atoms with Crippen LogP contribution in [0.5, 0.6) is 0 Å². The Balaban J connectivity index is 2.50. The fourth-order valence-electron chi connectivity index (χ4n) is 1.20. The molecule has 1 aliphatic heterocycles. The Morgan fingerprint density at radius 2 is 1.78 bits per heavy atom. The van der Waals surface area contributed by atoms with Crippen LogP contribution < -0.4 is 0 Å². The Labute approximate surface area is 104 Å². The molecule has 0 spiro atoms. The average molecular weight is 249 g/mol. The Morgan fingerprint density at radius 1 is 1.17 bits per heavy atom. The lowest BCUT2D eigenvalue weighted by Gasteiger charge is -2.20. The number of azo groups is 1. The maximum absolute atomic E-state index is 11.2. The van der Waals surface area contributed by atoms with Gasteiger partial charge >= 0.3 is 12.1 Å². The van der Waals surface area contributed by atoms with E-state index in [4.69, 9.17) is 22.3 Å². The van der Waals surface area contributed by atoms with Gasteiger partial charge in [-0.15, -0.1) is 12.8 Å². The van der Waals surface area contributed by atoms with E-state index in [1.165, 1.54) is 0 Å². The second-order valence-corrected chi connectivity index (χ2v) is 3.23. The first kappa shape index (κ1) is 13.8. The summed E-state index contributed by atoms with van der Waals surface area (Å²) in [5.74, 6) is 4.57. The summed E-state index contributed by atoms with van der Waals surface area (Å²) in [4.78, 5) is 23.2. The molecule has 0 radical (unpaired) electrons. The topological polar surface area (TPSA) is 80.6 Å². The van der Waals surface area contributed by atoms with Gasteiger partial charge in [0, 0.05) is 0 Å². The van der Waals surface area contributed by atoms with Gasteiger partial charge in [0.25, 0.3) is 0 Å². The molecule has 0 aliphatic carbocycles. The van der Waals surface area contributed by atoms with Crippen LogP contribution in [0.1, 0.15) is 0 Å². The van der Waals surface area contributed by atoms with Crippen molar-refractivity contribution in [3.8, 4) is 24.7 Å². The highest BCUT2D eigenvalue weighted by Crippen LogP contribution is 2.09. The summed E-state index contributed by atoms with van der Waals surface area (Å²) in [6.45, 7) is 0.223. The maximum Gasteiger partial charge on any atom is 0.370 e. The molecule has 0 N–H and O–H groups in total. The van der Waals surface area contributed by atoms with Crippen molar-refractivity contribution in [3.05, 3.63) is 0 Å². The number of imide groups is 1. The number of carbonyl (C=O) groups is 2. The van der Waals surface area contributed by atoms with Crippen LogP contribution in [-0.4, -0.2) is 49.4 Å². The van der Waals surface area contributed by atoms with Crippen LogP contribution in [0.3, 0.4) is 0 Å². The van der Waals surface area contributed by atoms with Gasteiger partial charge in [-0.25, -0.2) is 14.5 Å². The number of carbonyl (C=O) groups excluding carboxylic acids is 2. The quantitative estimate of drug-likeness (QED) is 0.490. The summed E-state index contributed by atoms with van der Waals surface area (Å²) in [6.07, 6.45) is 9.52. The molecule has 1 atom stereocenters. The van der Waals surface area contributed by atoms with E-state index in [-0.39, 0.29) is 26.4 Å². The second-order valence-electron chi connectivity index (χ2n) is 3.23. The number of rotatable bonds is 7. The van der Waals surface area contributed by atoms with E-state index in [0.717, 1.165) is 4.90 Å². The fourth-order valence-corrected chi connectivity index (χ4v) is 1.20. The highest BCUT2D eigenvalue weighted by Gasteiger charge is 2.30. The molecule has 4 amide bonds. The Hall–Kier alpha value is -2.22. The minimum absolute atomic E-state index is 0.0308. The molecule has 94 valence electrons. The van der Waals surface area contributed by atoms with Gasteiger partial charge in [-0.1, -0.05) is 22.1 Å². The molecule has 0 saturated carbocycles. The minimum Gasteiger partial charge on any atom is -0.366 e. The summed E-state index contributed by atoms with van der Waals surface area (Å²) in [5, 5.41) is 6.24. The van der Waals surface area contributed by atoms with Gasteiger partial charge in [-0.2, -0.15) is 0 Å². The predicted octanol–water partition coefficient (Wildman–Crippen LogP) is 0.662. The van der Waals surface area contributed by atoms with E-state index in [9.17, 15) is 9.59 Å². The van der Waals surface area contributed by atoms with Crippen molar-refractivity contribution in [2.24, 2.45) is 10.2 Å². The molecule has 0 saturated heterocycles. The van der Waals surface area contributed by atoms with E-state index in [0.29, 0.717) is 0 Å². The lowest BCUT2D eigenvalue weighted by Crippen LogP contribution is -2.39. The first-order chi connectivity index (χ1) is 8.69. The van der Waals surface area contributed by atoms with Gasteiger partial charge in [0.05, 0.1) is 13.2 Å². The molecular weight excluding hydrogens is 238 g/mol. The zero-order valence-corrected chi connectivity index (χ0v) is 9.54. The summed E-state index contributed by atoms with van der Waals surface area (Å²) in [6, 6.07) is -1.46. The zero-order valence-electron chi connectivity index (χ0n) is 9.54. The van der Waals surface area contributed by atoms with Crippen molar-refractivity contribution in [1.82, 2.24) is 4.90 Å². The summed E-state index contributed by atoms with van der Waals surface area (Å²) < 4.78 is 10.3. The van der Waals surface area contributed by atoms with E-state index in [2.05, 4.69) is 22.1 Å². The van der Waals surface area contributed by atoms with Crippen molar-refractivity contribution in [1.29, 1.82) is 0 Å². The Bertz CT molecular complexity index is 415. The van der Waals surface area contributed by atoms with E-state index in [1.54, 1.807) is 0 Å². The average Bonchev–Trinajstić information content (AvgIpc) is 2.67. The summed E-state index contributed by atoms with van der Waals surface area (Å²) in [7, 11) is 0. The normalized spacial score (nSPS) is 15.6. The number of hydrogen-bond acceptors (Lipinski definition) is 4. The molecule has 1 aliphatic rings. The number of amides is 4. The van der Waals surface area contributed by atoms with Crippen LogP contribution in [0.15, 0.2) is 10.2 Å². The van der Waals surface area contributed by atoms with Gasteiger partial charge in [0.2, 0.25) is 0 Å². The molecule has 18 heavy (non-hydrogen) atoms. The number of hydrogen-bond donors (Lipinski definition) is 0. The third kappa shape index (κ3) is 3.98. The molecule has 1 heterocycles. The first-order valence-electron chi connectivity index (χ1n) is 5.02. The van der Waals surface area contributed by atoms with Crippen LogP contribution in [0, 0.1) is 24.7 Å². The highest BCUT2D eigenvalue weighted by molar-refractivity contribution is 5.98. The van der Waals surface area contributed by atoms with Crippen LogP contribution in [0.4, 0.5) is 9.59 Å². The molecular formula is C11H11N3O4. The van der Waals surface area contributed by atoms with Crippen LogP contribution in [0.2, 0.25) is 0 Å². The van der Waals surface area contributed by atoms with Crippen molar-refractivity contribution >= 4 is 12.1 Å². The fraction of sp³-hybridized carbons (Fsp3) is 0.455. The second kappa shape index (κ2) is 7.17.